The van der Waals surface area contributed by atoms with Crippen LogP contribution >= 0.6 is 12.4 Å². The summed E-state index contributed by atoms with van der Waals surface area (Å²) in [7, 11) is 2.02. The number of carboxylic acid groups (broad SMARTS) is 1. The van der Waals surface area contributed by atoms with Gasteiger partial charge in [-0.15, -0.1) is 12.4 Å². The first kappa shape index (κ1) is 14.5. The Morgan fingerprint density at radius 1 is 1.62 bits per heavy atom. The number of carbonyl (C=O) groups is 1. The number of imidazole rings is 1. The van der Waals surface area contributed by atoms with Gasteiger partial charge in [0.2, 0.25) is 6.33 Å². The molecule has 0 saturated carbocycles. The molecule has 0 unspecified atom stereocenters. The minimum Gasteiger partial charge on any atom is -0.550 e. The van der Waals surface area contributed by atoms with Crippen LogP contribution in [0.15, 0.2) is 18.7 Å². The third kappa shape index (κ3) is 8.88. The Bertz CT molecular complexity index is 244. The number of aryl methyl sites for hydroxylation is 2. The smallest absolute Gasteiger partial charge is 0.243 e. The van der Waals surface area contributed by atoms with E-state index in [0.717, 1.165) is 13.5 Å². The number of carbonyl (C=O) groups excluding carboxylic acids is 1. The number of aromatic nitrogens is 2. The van der Waals surface area contributed by atoms with E-state index in [9.17, 15) is 0 Å². The number of aliphatic carboxylic acids is 1. The van der Waals surface area contributed by atoms with Gasteiger partial charge in [-0.1, -0.05) is 0 Å². The lowest BCUT2D eigenvalue weighted by atomic mass is 10.7. The van der Waals surface area contributed by atoms with Crippen LogP contribution in [-0.2, 0) is 18.4 Å². The maximum absolute atomic E-state index is 8.89. The van der Waals surface area contributed by atoms with Crippen molar-refractivity contribution in [1.29, 1.82) is 0 Å². The summed E-state index contributed by atoms with van der Waals surface area (Å²) in [5.41, 5.74) is 0. The molecular weight excluding hydrogens is 192 g/mol. The van der Waals surface area contributed by atoms with Gasteiger partial charge in [0.15, 0.2) is 0 Å². The topological polar surface area (TPSA) is 48.9 Å². The molecule has 0 amide bonds. The first-order valence-electron chi connectivity index (χ1n) is 3.74. The summed E-state index contributed by atoms with van der Waals surface area (Å²) >= 11 is 0. The van der Waals surface area contributed by atoms with Crippen molar-refractivity contribution in [2.24, 2.45) is 7.05 Å². The summed E-state index contributed by atoms with van der Waals surface area (Å²) in [5, 5.41) is 8.89. The third-order valence-electron chi connectivity index (χ3n) is 1.19. The molecule has 0 aliphatic heterocycles. The van der Waals surface area contributed by atoms with Crippen molar-refractivity contribution in [3.05, 3.63) is 18.7 Å². The van der Waals surface area contributed by atoms with Crippen molar-refractivity contribution in [3.63, 3.8) is 0 Å². The Balaban J connectivity index is 0. The van der Waals surface area contributed by atoms with Crippen LogP contribution in [0.4, 0.5) is 0 Å². The van der Waals surface area contributed by atoms with E-state index in [1.54, 1.807) is 0 Å². The monoisotopic (exact) mass is 206 g/mol. The van der Waals surface area contributed by atoms with Gasteiger partial charge in [0.1, 0.15) is 12.4 Å². The molecule has 0 spiro atoms. The zero-order valence-electron chi connectivity index (χ0n) is 8.06. The molecule has 1 aromatic rings. The normalized spacial score (nSPS) is 7.92. The van der Waals surface area contributed by atoms with E-state index in [-0.39, 0.29) is 12.4 Å². The van der Waals surface area contributed by atoms with Crippen molar-refractivity contribution < 1.29 is 14.5 Å². The SMILES string of the molecule is CC(=O)[O-].CC[n+]1ccn(C)c1.Cl. The van der Waals surface area contributed by atoms with Gasteiger partial charge < -0.3 is 9.90 Å². The second-order valence-corrected chi connectivity index (χ2v) is 2.40. The first-order chi connectivity index (χ1) is 5.56. The maximum Gasteiger partial charge on any atom is 0.243 e. The molecule has 0 aromatic carbocycles. The Hall–Kier alpha value is -1.03. The number of halogens is 1. The van der Waals surface area contributed by atoms with Gasteiger partial charge in [0.25, 0.3) is 0 Å². The highest BCUT2D eigenvalue weighted by Gasteiger charge is 1.92. The van der Waals surface area contributed by atoms with Crippen LogP contribution < -0.4 is 9.67 Å². The average molecular weight is 207 g/mol. The molecule has 1 rings (SSSR count). The van der Waals surface area contributed by atoms with E-state index in [1.807, 2.05) is 17.8 Å². The number of rotatable bonds is 1. The zero-order chi connectivity index (χ0) is 9.56. The maximum atomic E-state index is 8.89. The molecule has 0 bridgehead atoms. The van der Waals surface area contributed by atoms with Gasteiger partial charge in [-0.3, -0.25) is 0 Å². The van der Waals surface area contributed by atoms with E-state index >= 15 is 0 Å². The minimum absolute atomic E-state index is 0. The summed E-state index contributed by atoms with van der Waals surface area (Å²) in [6.07, 6.45) is 6.14. The van der Waals surface area contributed by atoms with Crippen molar-refractivity contribution in [1.82, 2.24) is 4.57 Å². The molecular formula is C8H15ClN2O2. The van der Waals surface area contributed by atoms with Gasteiger partial charge in [-0.25, -0.2) is 9.13 Å². The molecule has 0 atom stereocenters. The molecule has 0 radical (unpaired) electrons. The lowest BCUT2D eigenvalue weighted by molar-refractivity contribution is -0.693. The van der Waals surface area contributed by atoms with Gasteiger partial charge in [0, 0.05) is 5.97 Å². The second kappa shape index (κ2) is 7.61. The van der Waals surface area contributed by atoms with Crippen LogP contribution in [0, 0.1) is 0 Å². The molecule has 4 nitrogen and oxygen atoms in total. The molecule has 1 aromatic heterocycles. The lowest BCUT2D eigenvalue weighted by Gasteiger charge is -1.81. The predicted octanol–water partition coefficient (Wildman–Crippen LogP) is -0.490. The molecule has 0 aliphatic carbocycles. The molecule has 76 valence electrons. The second-order valence-electron chi connectivity index (χ2n) is 2.40. The molecule has 0 N–H and O–H groups in total. The number of nitrogens with zero attached hydrogens (tertiary/aromatic N) is 2. The number of hydrogen-bond donors (Lipinski definition) is 0. The van der Waals surface area contributed by atoms with Gasteiger partial charge >= 0.3 is 0 Å². The molecule has 5 heteroatoms. The van der Waals surface area contributed by atoms with E-state index in [4.69, 9.17) is 9.90 Å². The van der Waals surface area contributed by atoms with Crippen LogP contribution in [0.25, 0.3) is 0 Å². The van der Waals surface area contributed by atoms with Crippen molar-refractivity contribution in [3.8, 4) is 0 Å². The highest BCUT2D eigenvalue weighted by atomic mass is 35.5. The standard InChI is InChI=1S/C6H11N2.C2H4O2.ClH/c1-3-8-5-4-7(2)6-8;1-2(3)4;/h4-6H,3H2,1-2H3;1H3,(H,3,4);1H/q+1;;/p-1. The molecule has 1 heterocycles. The lowest BCUT2D eigenvalue weighted by Crippen LogP contribution is -2.28. The largest absolute Gasteiger partial charge is 0.550 e. The fourth-order valence-corrected chi connectivity index (χ4v) is 0.689. The summed E-state index contributed by atoms with van der Waals surface area (Å²) in [6.45, 7) is 4.15. The van der Waals surface area contributed by atoms with Crippen molar-refractivity contribution >= 4 is 18.4 Å². The quantitative estimate of drug-likeness (QED) is 0.583. The van der Waals surface area contributed by atoms with Crippen molar-refractivity contribution in [2.75, 3.05) is 0 Å². The minimum atomic E-state index is -1.08. The van der Waals surface area contributed by atoms with Crippen LogP contribution in [0.3, 0.4) is 0 Å². The fraction of sp³-hybridized carbons (Fsp3) is 0.500. The molecule has 13 heavy (non-hydrogen) atoms. The predicted molar refractivity (Wildman–Crippen MR) is 49.2 cm³/mol. The number of carboxylic acids is 1. The first-order valence-corrected chi connectivity index (χ1v) is 3.74. The van der Waals surface area contributed by atoms with E-state index in [1.165, 1.54) is 0 Å². The zero-order valence-corrected chi connectivity index (χ0v) is 8.87. The fourth-order valence-electron chi connectivity index (χ4n) is 0.689. The van der Waals surface area contributed by atoms with Gasteiger partial charge in [-0.2, -0.15) is 0 Å². The van der Waals surface area contributed by atoms with Crippen LogP contribution in [0.1, 0.15) is 13.8 Å². The van der Waals surface area contributed by atoms with Gasteiger partial charge in [0.05, 0.1) is 13.6 Å². The summed E-state index contributed by atoms with van der Waals surface area (Å²) < 4.78 is 4.16. The summed E-state index contributed by atoms with van der Waals surface area (Å²) in [6, 6.07) is 0. The van der Waals surface area contributed by atoms with E-state index < -0.39 is 5.97 Å². The summed E-state index contributed by atoms with van der Waals surface area (Å²) in [4.78, 5) is 8.89. The Kier molecular flexibility index (Phi) is 8.48. The Labute approximate surface area is 84.2 Å². The summed E-state index contributed by atoms with van der Waals surface area (Å²) in [5.74, 6) is -1.08. The molecule has 0 aliphatic rings. The van der Waals surface area contributed by atoms with Crippen LogP contribution in [0.2, 0.25) is 0 Å². The number of hydrogen-bond acceptors (Lipinski definition) is 2. The molecule has 0 fully saturated rings. The average Bonchev–Trinajstić information content (AvgIpc) is 2.34. The Morgan fingerprint density at radius 3 is 2.23 bits per heavy atom. The van der Waals surface area contributed by atoms with E-state index in [0.29, 0.717) is 0 Å². The highest BCUT2D eigenvalue weighted by Crippen LogP contribution is 1.74. The van der Waals surface area contributed by atoms with Crippen molar-refractivity contribution in [2.45, 2.75) is 20.4 Å². The third-order valence-corrected chi connectivity index (χ3v) is 1.19. The van der Waals surface area contributed by atoms with Gasteiger partial charge in [-0.05, 0) is 13.8 Å². The van der Waals surface area contributed by atoms with Crippen LogP contribution in [0.5, 0.6) is 0 Å². The van der Waals surface area contributed by atoms with Crippen LogP contribution in [-0.4, -0.2) is 10.5 Å². The Morgan fingerprint density at radius 2 is 2.08 bits per heavy atom. The highest BCUT2D eigenvalue weighted by molar-refractivity contribution is 5.85. The molecule has 0 saturated heterocycles. The van der Waals surface area contributed by atoms with E-state index in [2.05, 4.69) is 24.0 Å².